The Morgan fingerprint density at radius 3 is 2.06 bits per heavy atom. The predicted molar refractivity (Wildman–Crippen MR) is 72.5 cm³/mol. The van der Waals surface area contributed by atoms with Crippen molar-refractivity contribution in [3.8, 4) is 0 Å². The molecule has 0 aliphatic heterocycles. The van der Waals surface area contributed by atoms with Crippen molar-refractivity contribution in [1.29, 1.82) is 0 Å². The molecule has 0 radical (unpaired) electrons. The summed E-state index contributed by atoms with van der Waals surface area (Å²) in [6, 6.07) is 19.4. The molecule has 0 N–H and O–H groups in total. The lowest BCUT2D eigenvalue weighted by molar-refractivity contribution is -0.134. The highest BCUT2D eigenvalue weighted by atomic mass is 16.5. The fourth-order valence-corrected chi connectivity index (χ4v) is 1.63. The van der Waals surface area contributed by atoms with E-state index in [0.717, 1.165) is 11.1 Å². The molecule has 0 unspecified atom stereocenters. The number of esters is 1. The van der Waals surface area contributed by atoms with Gasteiger partial charge in [-0.15, -0.1) is 0 Å². The second-order valence-corrected chi connectivity index (χ2v) is 3.88. The van der Waals surface area contributed by atoms with Crippen molar-refractivity contribution in [2.24, 2.45) is 0 Å². The van der Waals surface area contributed by atoms with E-state index in [1.165, 1.54) is 6.92 Å². The molecular formula is C16H14O2. The fraction of sp³-hybridized carbons (Fsp3) is 0.0625. The summed E-state index contributed by atoms with van der Waals surface area (Å²) in [6.45, 7) is 1.40. The first kappa shape index (κ1) is 12.1. The van der Waals surface area contributed by atoms with Crippen LogP contribution in [0.1, 0.15) is 18.1 Å². The van der Waals surface area contributed by atoms with Crippen LogP contribution in [0.4, 0.5) is 0 Å². The average molecular weight is 238 g/mol. The van der Waals surface area contributed by atoms with Crippen LogP contribution in [-0.4, -0.2) is 5.97 Å². The average Bonchev–Trinajstić information content (AvgIpc) is 2.40. The molecule has 0 atom stereocenters. The van der Waals surface area contributed by atoms with Crippen LogP contribution in [0.15, 0.2) is 60.7 Å². The number of hydrogen-bond donors (Lipinski definition) is 0. The lowest BCUT2D eigenvalue weighted by atomic mass is 10.1. The van der Waals surface area contributed by atoms with Gasteiger partial charge < -0.3 is 4.74 Å². The van der Waals surface area contributed by atoms with E-state index in [1.807, 2.05) is 66.7 Å². The Morgan fingerprint density at radius 2 is 1.50 bits per heavy atom. The van der Waals surface area contributed by atoms with Gasteiger partial charge in [-0.1, -0.05) is 60.7 Å². The summed E-state index contributed by atoms with van der Waals surface area (Å²) in [6.07, 6.45) is 1.86. The number of carbonyl (C=O) groups is 1. The van der Waals surface area contributed by atoms with Gasteiger partial charge in [-0.2, -0.15) is 0 Å². The van der Waals surface area contributed by atoms with Crippen molar-refractivity contribution >= 4 is 17.8 Å². The van der Waals surface area contributed by atoms with E-state index in [4.69, 9.17) is 4.74 Å². The molecule has 0 amide bonds. The third-order valence-electron chi connectivity index (χ3n) is 2.41. The Balaban J connectivity index is 2.37. The predicted octanol–water partition coefficient (Wildman–Crippen LogP) is 3.75. The van der Waals surface area contributed by atoms with E-state index in [-0.39, 0.29) is 5.97 Å². The molecule has 0 aromatic heterocycles. The van der Waals surface area contributed by atoms with Gasteiger partial charge in [0.1, 0.15) is 5.76 Å². The van der Waals surface area contributed by atoms with Crippen LogP contribution in [0.25, 0.3) is 11.8 Å². The van der Waals surface area contributed by atoms with Gasteiger partial charge in [-0.05, 0) is 11.6 Å². The first-order valence-corrected chi connectivity index (χ1v) is 5.76. The SMILES string of the molecule is CC(=O)O/C(=C/c1ccccc1)c1ccccc1. The number of carbonyl (C=O) groups excluding carboxylic acids is 1. The summed E-state index contributed by atoms with van der Waals surface area (Å²) < 4.78 is 5.26. The maximum absolute atomic E-state index is 11.2. The van der Waals surface area contributed by atoms with Crippen LogP contribution >= 0.6 is 0 Å². The maximum atomic E-state index is 11.2. The molecule has 18 heavy (non-hydrogen) atoms. The molecule has 0 bridgehead atoms. The Labute approximate surface area is 107 Å². The molecular weight excluding hydrogens is 224 g/mol. The highest BCUT2D eigenvalue weighted by Gasteiger charge is 2.05. The minimum atomic E-state index is -0.318. The van der Waals surface area contributed by atoms with Crippen molar-refractivity contribution in [2.45, 2.75) is 6.92 Å². The van der Waals surface area contributed by atoms with E-state index in [0.29, 0.717) is 5.76 Å². The first-order valence-electron chi connectivity index (χ1n) is 5.76. The Hall–Kier alpha value is -2.35. The smallest absolute Gasteiger partial charge is 0.308 e. The van der Waals surface area contributed by atoms with Gasteiger partial charge in [0, 0.05) is 12.5 Å². The summed E-state index contributed by atoms with van der Waals surface area (Å²) in [5.41, 5.74) is 1.88. The van der Waals surface area contributed by atoms with Crippen LogP contribution in [0.3, 0.4) is 0 Å². The Kier molecular flexibility index (Phi) is 3.92. The third kappa shape index (κ3) is 3.32. The van der Waals surface area contributed by atoms with Crippen molar-refractivity contribution in [3.05, 3.63) is 71.8 Å². The molecule has 0 aliphatic rings. The van der Waals surface area contributed by atoms with E-state index in [1.54, 1.807) is 0 Å². The van der Waals surface area contributed by atoms with Crippen molar-refractivity contribution in [3.63, 3.8) is 0 Å². The molecule has 2 rings (SSSR count). The normalized spacial score (nSPS) is 11.1. The van der Waals surface area contributed by atoms with Gasteiger partial charge >= 0.3 is 5.97 Å². The number of benzene rings is 2. The molecule has 2 aromatic rings. The molecule has 0 spiro atoms. The number of hydrogen-bond acceptors (Lipinski definition) is 2. The summed E-state index contributed by atoms with van der Waals surface area (Å²) in [5, 5.41) is 0. The van der Waals surface area contributed by atoms with E-state index < -0.39 is 0 Å². The largest absolute Gasteiger partial charge is 0.426 e. The molecule has 2 nitrogen and oxygen atoms in total. The van der Waals surface area contributed by atoms with Crippen molar-refractivity contribution < 1.29 is 9.53 Å². The van der Waals surface area contributed by atoms with Crippen LogP contribution < -0.4 is 0 Å². The third-order valence-corrected chi connectivity index (χ3v) is 2.41. The van der Waals surface area contributed by atoms with E-state index in [9.17, 15) is 4.79 Å². The number of rotatable bonds is 3. The number of ether oxygens (including phenoxy) is 1. The summed E-state index contributed by atoms with van der Waals surface area (Å²) in [4.78, 5) is 11.2. The molecule has 90 valence electrons. The molecule has 2 aromatic carbocycles. The van der Waals surface area contributed by atoms with Crippen molar-refractivity contribution in [2.75, 3.05) is 0 Å². The van der Waals surface area contributed by atoms with Gasteiger partial charge in [0.15, 0.2) is 0 Å². The standard InChI is InChI=1S/C16H14O2/c1-13(17)18-16(15-10-6-3-7-11-15)12-14-8-4-2-5-9-14/h2-12H,1H3/b16-12+. The first-order chi connectivity index (χ1) is 8.75. The van der Waals surface area contributed by atoms with E-state index in [2.05, 4.69) is 0 Å². The second kappa shape index (κ2) is 5.82. The molecule has 0 heterocycles. The van der Waals surface area contributed by atoms with Gasteiger partial charge in [-0.25, -0.2) is 0 Å². The Bertz CT molecular complexity index is 542. The van der Waals surface area contributed by atoms with Gasteiger partial charge in [0.05, 0.1) is 0 Å². The summed E-state index contributed by atoms with van der Waals surface area (Å²) in [5.74, 6) is 0.246. The van der Waals surface area contributed by atoms with Crippen molar-refractivity contribution in [1.82, 2.24) is 0 Å². The van der Waals surface area contributed by atoms with E-state index >= 15 is 0 Å². The van der Waals surface area contributed by atoms with Crippen LogP contribution in [0.2, 0.25) is 0 Å². The lowest BCUT2D eigenvalue weighted by Gasteiger charge is -2.07. The molecule has 2 heteroatoms. The molecule has 0 aliphatic carbocycles. The zero-order valence-electron chi connectivity index (χ0n) is 10.2. The Morgan fingerprint density at radius 1 is 0.944 bits per heavy atom. The fourth-order valence-electron chi connectivity index (χ4n) is 1.63. The van der Waals surface area contributed by atoms with Crippen LogP contribution in [0, 0.1) is 0 Å². The summed E-state index contributed by atoms with van der Waals surface area (Å²) >= 11 is 0. The second-order valence-electron chi connectivity index (χ2n) is 3.88. The zero-order valence-corrected chi connectivity index (χ0v) is 10.2. The topological polar surface area (TPSA) is 26.3 Å². The van der Waals surface area contributed by atoms with Crippen LogP contribution in [-0.2, 0) is 9.53 Å². The highest BCUT2D eigenvalue weighted by Crippen LogP contribution is 2.19. The van der Waals surface area contributed by atoms with Crippen LogP contribution in [0.5, 0.6) is 0 Å². The maximum Gasteiger partial charge on any atom is 0.308 e. The minimum absolute atomic E-state index is 0.318. The molecule has 0 saturated carbocycles. The molecule has 0 saturated heterocycles. The van der Waals surface area contributed by atoms with Gasteiger partial charge in [0.2, 0.25) is 0 Å². The lowest BCUT2D eigenvalue weighted by Crippen LogP contribution is -1.98. The minimum Gasteiger partial charge on any atom is -0.426 e. The highest BCUT2D eigenvalue weighted by molar-refractivity contribution is 5.84. The molecule has 0 fully saturated rings. The van der Waals surface area contributed by atoms with Gasteiger partial charge in [-0.3, -0.25) is 4.79 Å². The monoisotopic (exact) mass is 238 g/mol. The quantitative estimate of drug-likeness (QED) is 0.462. The van der Waals surface area contributed by atoms with Gasteiger partial charge in [0.25, 0.3) is 0 Å². The zero-order chi connectivity index (χ0) is 12.8. The summed E-state index contributed by atoms with van der Waals surface area (Å²) in [7, 11) is 0.